The molecule has 17 heavy (non-hydrogen) atoms. The quantitative estimate of drug-likeness (QED) is 0.567. The minimum atomic E-state index is -0.606. The van der Waals surface area contributed by atoms with Crippen LogP contribution in [-0.4, -0.2) is 31.7 Å². The van der Waals surface area contributed by atoms with Crippen LogP contribution in [0.3, 0.4) is 0 Å². The van der Waals surface area contributed by atoms with Crippen molar-refractivity contribution >= 4 is 11.4 Å². The summed E-state index contributed by atoms with van der Waals surface area (Å²) in [4.78, 5) is 11.8. The van der Waals surface area contributed by atoms with Crippen molar-refractivity contribution in [3.8, 4) is 0 Å². The number of rotatable bonds is 6. The molecule has 0 aliphatic carbocycles. The fraction of sp³-hybridized carbons (Fsp3) is 0.455. The van der Waals surface area contributed by atoms with Gasteiger partial charge >= 0.3 is 0 Å². The van der Waals surface area contributed by atoms with Crippen LogP contribution in [0.4, 0.5) is 15.8 Å². The number of likely N-dealkylation sites (N-methyl/N-ethyl adjacent to an activating group) is 1. The van der Waals surface area contributed by atoms with Crippen LogP contribution >= 0.6 is 0 Å². The van der Waals surface area contributed by atoms with Gasteiger partial charge in [0.15, 0.2) is 0 Å². The Morgan fingerprint density at radius 2 is 2.18 bits per heavy atom. The van der Waals surface area contributed by atoms with Gasteiger partial charge in [0.2, 0.25) is 0 Å². The van der Waals surface area contributed by atoms with Crippen molar-refractivity contribution in [1.29, 1.82) is 0 Å². The molecular formula is C11H15FN2O3. The van der Waals surface area contributed by atoms with Gasteiger partial charge in [-0.25, -0.2) is 4.39 Å². The number of nitro groups is 1. The maximum absolute atomic E-state index is 13.2. The Bertz CT molecular complexity index is 398. The van der Waals surface area contributed by atoms with E-state index < -0.39 is 10.7 Å². The SMILES string of the molecule is CCN(CCOC)c1cc(F)cc([N+](=O)[O-])c1. The molecule has 0 heterocycles. The number of non-ortho nitro benzene ring substituents is 1. The summed E-state index contributed by atoms with van der Waals surface area (Å²) >= 11 is 0. The molecule has 0 atom stereocenters. The van der Waals surface area contributed by atoms with Gasteiger partial charge in [-0.2, -0.15) is 0 Å². The van der Waals surface area contributed by atoms with Crippen molar-refractivity contribution in [2.45, 2.75) is 6.92 Å². The number of benzene rings is 1. The van der Waals surface area contributed by atoms with E-state index in [-0.39, 0.29) is 5.69 Å². The Morgan fingerprint density at radius 3 is 2.71 bits per heavy atom. The van der Waals surface area contributed by atoms with E-state index in [4.69, 9.17) is 4.74 Å². The maximum Gasteiger partial charge on any atom is 0.274 e. The molecule has 0 unspecified atom stereocenters. The van der Waals surface area contributed by atoms with Crippen LogP contribution in [-0.2, 0) is 4.74 Å². The number of ether oxygens (including phenoxy) is 1. The van der Waals surface area contributed by atoms with Gasteiger partial charge < -0.3 is 9.64 Å². The smallest absolute Gasteiger partial charge is 0.274 e. The van der Waals surface area contributed by atoms with E-state index in [2.05, 4.69) is 0 Å². The molecule has 0 bridgehead atoms. The Morgan fingerprint density at radius 1 is 1.47 bits per heavy atom. The molecule has 0 aromatic heterocycles. The second-order valence-electron chi connectivity index (χ2n) is 3.50. The number of hydrogen-bond donors (Lipinski definition) is 0. The van der Waals surface area contributed by atoms with Crippen molar-refractivity contribution in [3.05, 3.63) is 34.1 Å². The van der Waals surface area contributed by atoms with Gasteiger partial charge in [0.25, 0.3) is 5.69 Å². The van der Waals surface area contributed by atoms with Crippen LogP contribution in [0.15, 0.2) is 18.2 Å². The van der Waals surface area contributed by atoms with Gasteiger partial charge in [-0.15, -0.1) is 0 Å². The summed E-state index contributed by atoms with van der Waals surface area (Å²) in [6, 6.07) is 3.56. The summed E-state index contributed by atoms with van der Waals surface area (Å²) in [7, 11) is 1.57. The number of nitrogens with zero attached hydrogens (tertiary/aromatic N) is 2. The Hall–Kier alpha value is -1.69. The van der Waals surface area contributed by atoms with Crippen LogP contribution in [0, 0.1) is 15.9 Å². The minimum absolute atomic E-state index is 0.240. The monoisotopic (exact) mass is 242 g/mol. The number of anilines is 1. The van der Waals surface area contributed by atoms with Gasteiger partial charge in [0.1, 0.15) is 5.82 Å². The van der Waals surface area contributed by atoms with Gasteiger partial charge in [-0.3, -0.25) is 10.1 Å². The molecule has 1 aromatic carbocycles. The second kappa shape index (κ2) is 6.15. The standard InChI is InChI=1S/C11H15FN2O3/c1-3-13(4-5-17-2)10-6-9(12)7-11(8-10)14(15)16/h6-8H,3-5H2,1-2H3. The number of methoxy groups -OCH3 is 1. The van der Waals surface area contributed by atoms with E-state index in [0.717, 1.165) is 6.07 Å². The zero-order valence-corrected chi connectivity index (χ0v) is 9.85. The molecule has 0 fully saturated rings. The molecule has 5 nitrogen and oxygen atoms in total. The lowest BCUT2D eigenvalue weighted by molar-refractivity contribution is -0.385. The van der Waals surface area contributed by atoms with Gasteiger partial charge in [0.05, 0.1) is 17.6 Å². The molecule has 94 valence electrons. The molecule has 0 saturated carbocycles. The molecule has 1 aromatic rings. The molecule has 0 amide bonds. The molecule has 0 spiro atoms. The maximum atomic E-state index is 13.2. The predicted octanol–water partition coefficient (Wildman–Crippen LogP) is 2.21. The summed E-state index contributed by atoms with van der Waals surface area (Å²) in [5.74, 6) is -0.606. The number of halogens is 1. The first-order valence-corrected chi connectivity index (χ1v) is 5.27. The number of nitro benzene ring substituents is 1. The van der Waals surface area contributed by atoms with Crippen molar-refractivity contribution in [2.75, 3.05) is 31.7 Å². The van der Waals surface area contributed by atoms with Crippen LogP contribution in [0.2, 0.25) is 0 Å². The first kappa shape index (κ1) is 13.4. The van der Waals surface area contributed by atoms with E-state index in [1.807, 2.05) is 11.8 Å². The lowest BCUT2D eigenvalue weighted by Gasteiger charge is -2.22. The molecular weight excluding hydrogens is 227 g/mol. The molecule has 6 heteroatoms. The fourth-order valence-corrected chi connectivity index (χ4v) is 1.52. The summed E-state index contributed by atoms with van der Waals surface area (Å²) < 4.78 is 18.2. The van der Waals surface area contributed by atoms with Crippen LogP contribution in [0.25, 0.3) is 0 Å². The summed E-state index contributed by atoms with van der Waals surface area (Å²) in [6.07, 6.45) is 0. The highest BCUT2D eigenvalue weighted by molar-refractivity contribution is 5.53. The molecule has 0 aliphatic rings. The average molecular weight is 242 g/mol. The summed E-state index contributed by atoms with van der Waals surface area (Å²) in [5.41, 5.74) is 0.257. The lowest BCUT2D eigenvalue weighted by Crippen LogP contribution is -2.26. The molecule has 0 radical (unpaired) electrons. The summed E-state index contributed by atoms with van der Waals surface area (Å²) in [5, 5.41) is 10.6. The predicted molar refractivity (Wildman–Crippen MR) is 62.8 cm³/mol. The topological polar surface area (TPSA) is 55.6 Å². The normalized spacial score (nSPS) is 10.3. The Kier molecular flexibility index (Phi) is 4.84. The number of hydrogen-bond acceptors (Lipinski definition) is 4. The van der Waals surface area contributed by atoms with Crippen LogP contribution in [0.5, 0.6) is 0 Å². The Labute approximate surface area is 98.9 Å². The zero-order chi connectivity index (χ0) is 12.8. The van der Waals surface area contributed by atoms with Crippen molar-refractivity contribution in [1.82, 2.24) is 0 Å². The van der Waals surface area contributed by atoms with E-state index in [1.54, 1.807) is 7.11 Å². The van der Waals surface area contributed by atoms with E-state index in [1.165, 1.54) is 12.1 Å². The molecule has 0 saturated heterocycles. The van der Waals surface area contributed by atoms with E-state index in [9.17, 15) is 14.5 Å². The van der Waals surface area contributed by atoms with Crippen molar-refractivity contribution in [3.63, 3.8) is 0 Å². The van der Waals surface area contributed by atoms with Gasteiger partial charge in [-0.1, -0.05) is 0 Å². The fourth-order valence-electron chi connectivity index (χ4n) is 1.52. The minimum Gasteiger partial charge on any atom is -0.383 e. The van der Waals surface area contributed by atoms with Crippen molar-refractivity contribution in [2.24, 2.45) is 0 Å². The van der Waals surface area contributed by atoms with E-state index in [0.29, 0.717) is 25.4 Å². The lowest BCUT2D eigenvalue weighted by atomic mass is 10.2. The second-order valence-corrected chi connectivity index (χ2v) is 3.50. The molecule has 0 aliphatic heterocycles. The largest absolute Gasteiger partial charge is 0.383 e. The first-order chi connectivity index (χ1) is 8.08. The third-order valence-electron chi connectivity index (χ3n) is 2.39. The third kappa shape index (κ3) is 3.67. The van der Waals surface area contributed by atoms with Crippen LogP contribution < -0.4 is 4.90 Å². The van der Waals surface area contributed by atoms with Crippen LogP contribution in [0.1, 0.15) is 6.92 Å². The first-order valence-electron chi connectivity index (χ1n) is 5.27. The highest BCUT2D eigenvalue weighted by Gasteiger charge is 2.13. The highest BCUT2D eigenvalue weighted by atomic mass is 19.1. The third-order valence-corrected chi connectivity index (χ3v) is 2.39. The van der Waals surface area contributed by atoms with Crippen molar-refractivity contribution < 1.29 is 14.1 Å². The van der Waals surface area contributed by atoms with Gasteiger partial charge in [0, 0.05) is 32.0 Å². The molecule has 0 N–H and O–H groups in total. The summed E-state index contributed by atoms with van der Waals surface area (Å²) in [6.45, 7) is 3.57. The van der Waals surface area contributed by atoms with Gasteiger partial charge in [-0.05, 0) is 13.0 Å². The molecule has 1 rings (SSSR count). The Balaban J connectivity index is 2.98. The zero-order valence-electron chi connectivity index (χ0n) is 9.85. The average Bonchev–Trinajstić information content (AvgIpc) is 2.29. The van der Waals surface area contributed by atoms with E-state index >= 15 is 0 Å². The highest BCUT2D eigenvalue weighted by Crippen LogP contribution is 2.23.